The van der Waals surface area contributed by atoms with E-state index in [-0.39, 0.29) is 0 Å². The predicted octanol–water partition coefficient (Wildman–Crippen LogP) is 4.26. The van der Waals surface area contributed by atoms with Gasteiger partial charge >= 0.3 is 0 Å². The number of fused-ring (bicyclic) bond motifs is 1. The Bertz CT molecular complexity index is 939. The lowest BCUT2D eigenvalue weighted by Gasteiger charge is -2.13. The van der Waals surface area contributed by atoms with E-state index in [1.165, 1.54) is 0 Å². The highest BCUT2D eigenvalue weighted by Crippen LogP contribution is 2.27. The lowest BCUT2D eigenvalue weighted by molar-refractivity contribution is 0.313. The van der Waals surface area contributed by atoms with Crippen molar-refractivity contribution in [3.63, 3.8) is 0 Å². The highest BCUT2D eigenvalue weighted by Gasteiger charge is 2.10. The molecule has 0 fully saturated rings. The van der Waals surface area contributed by atoms with Crippen LogP contribution in [-0.4, -0.2) is 26.1 Å². The summed E-state index contributed by atoms with van der Waals surface area (Å²) in [5.41, 5.74) is 4.18. The number of ether oxygens (including phenoxy) is 1. The zero-order chi connectivity index (χ0) is 17.1. The molecule has 0 spiro atoms. The van der Waals surface area contributed by atoms with E-state index in [0.29, 0.717) is 13.2 Å². The van der Waals surface area contributed by atoms with Gasteiger partial charge in [0.1, 0.15) is 11.6 Å². The predicted molar refractivity (Wildman–Crippen MR) is 98.6 cm³/mol. The number of H-pyrrole nitrogens is 1. The van der Waals surface area contributed by atoms with Gasteiger partial charge in [0.2, 0.25) is 0 Å². The Kier molecular flexibility index (Phi) is 4.21. The van der Waals surface area contributed by atoms with Crippen molar-refractivity contribution in [3.8, 4) is 17.1 Å². The molecule has 126 valence electrons. The van der Waals surface area contributed by atoms with Gasteiger partial charge in [0.05, 0.1) is 30.5 Å². The molecule has 0 saturated carbocycles. The largest absolute Gasteiger partial charge is 0.493 e. The first kappa shape index (κ1) is 15.4. The smallest absolute Gasteiger partial charge is 0.138 e. The third kappa shape index (κ3) is 3.26. The Labute approximate surface area is 146 Å². The number of para-hydroxylation sites is 2. The first-order chi connectivity index (χ1) is 12.3. The fourth-order valence-corrected chi connectivity index (χ4v) is 2.87. The van der Waals surface area contributed by atoms with Crippen LogP contribution in [0, 0.1) is 0 Å². The maximum atomic E-state index is 5.92. The van der Waals surface area contributed by atoms with Crippen LogP contribution >= 0.6 is 0 Å². The highest BCUT2D eigenvalue weighted by atomic mass is 16.5. The number of hydrogen-bond donors (Lipinski definition) is 1. The van der Waals surface area contributed by atoms with E-state index in [4.69, 9.17) is 9.72 Å². The minimum atomic E-state index is 0.709. The van der Waals surface area contributed by atoms with Gasteiger partial charge in [0.15, 0.2) is 0 Å². The second-order valence-electron chi connectivity index (χ2n) is 6.01. The van der Waals surface area contributed by atoms with Gasteiger partial charge < -0.3 is 14.3 Å². The van der Waals surface area contributed by atoms with E-state index in [0.717, 1.165) is 40.2 Å². The van der Waals surface area contributed by atoms with Gasteiger partial charge in [-0.25, -0.2) is 9.97 Å². The molecule has 0 saturated heterocycles. The van der Waals surface area contributed by atoms with Gasteiger partial charge in [-0.3, -0.25) is 0 Å². The molecular weight excluding hydrogens is 312 g/mol. The van der Waals surface area contributed by atoms with Crippen molar-refractivity contribution < 1.29 is 4.74 Å². The first-order valence-corrected chi connectivity index (χ1v) is 8.50. The molecule has 0 atom stereocenters. The Morgan fingerprint density at radius 3 is 2.88 bits per heavy atom. The van der Waals surface area contributed by atoms with E-state index < -0.39 is 0 Å². The zero-order valence-corrected chi connectivity index (χ0v) is 14.1. The monoisotopic (exact) mass is 332 g/mol. The summed E-state index contributed by atoms with van der Waals surface area (Å²) in [5, 5.41) is 0. The van der Waals surface area contributed by atoms with Crippen LogP contribution in [0.4, 0.5) is 0 Å². The topological polar surface area (TPSA) is 55.7 Å². The van der Waals surface area contributed by atoms with E-state index >= 15 is 0 Å². The summed E-state index contributed by atoms with van der Waals surface area (Å²) in [4.78, 5) is 12.2. The molecule has 0 radical (unpaired) electrons. The summed E-state index contributed by atoms with van der Waals surface area (Å²) in [6.45, 7) is 3.53. The van der Waals surface area contributed by atoms with Crippen molar-refractivity contribution >= 4 is 11.0 Å². The molecule has 2 heterocycles. The van der Waals surface area contributed by atoms with E-state index in [1.54, 1.807) is 6.20 Å². The third-order valence-corrected chi connectivity index (χ3v) is 4.10. The Morgan fingerprint density at radius 2 is 2.08 bits per heavy atom. The van der Waals surface area contributed by atoms with Crippen LogP contribution < -0.4 is 4.74 Å². The highest BCUT2D eigenvalue weighted by molar-refractivity contribution is 5.79. The minimum absolute atomic E-state index is 0.709. The number of aromatic nitrogens is 4. The van der Waals surface area contributed by atoms with Gasteiger partial charge in [0.25, 0.3) is 0 Å². The van der Waals surface area contributed by atoms with E-state index in [9.17, 15) is 0 Å². The number of nitrogens with zero attached hydrogens (tertiary/aromatic N) is 3. The molecule has 1 N–H and O–H groups in total. The molecular formula is C20H20N4O. The van der Waals surface area contributed by atoms with Crippen molar-refractivity contribution in [1.82, 2.24) is 19.5 Å². The van der Waals surface area contributed by atoms with Crippen LogP contribution in [0.25, 0.3) is 22.4 Å². The average Bonchev–Trinajstić information content (AvgIpc) is 3.29. The van der Waals surface area contributed by atoms with Crippen molar-refractivity contribution in [1.29, 1.82) is 0 Å². The van der Waals surface area contributed by atoms with Crippen molar-refractivity contribution in [2.75, 3.05) is 6.61 Å². The molecule has 0 amide bonds. The van der Waals surface area contributed by atoms with Gasteiger partial charge in [-0.2, -0.15) is 0 Å². The van der Waals surface area contributed by atoms with Gasteiger partial charge in [-0.1, -0.05) is 19.1 Å². The van der Waals surface area contributed by atoms with Crippen LogP contribution in [-0.2, 0) is 6.54 Å². The lowest BCUT2D eigenvalue weighted by atomic mass is 10.1. The second kappa shape index (κ2) is 6.81. The number of aromatic amines is 1. The van der Waals surface area contributed by atoms with Crippen LogP contribution in [0.5, 0.6) is 5.75 Å². The average molecular weight is 332 g/mol. The number of rotatable bonds is 6. The molecule has 4 rings (SSSR count). The summed E-state index contributed by atoms with van der Waals surface area (Å²) in [6.07, 6.45) is 6.54. The summed E-state index contributed by atoms with van der Waals surface area (Å²) in [7, 11) is 0. The summed E-state index contributed by atoms with van der Waals surface area (Å²) in [6, 6.07) is 14.3. The standard InChI is InChI=1S/C20H20N4O/c1-2-11-25-19-8-7-15(12-16(19)13-24-10-9-21-14-24)20-22-17-5-3-4-6-18(17)23-20/h3-10,12,14H,2,11,13H2,1H3,(H,22,23). The van der Waals surface area contributed by atoms with Crippen molar-refractivity contribution in [2.24, 2.45) is 0 Å². The molecule has 2 aromatic carbocycles. The zero-order valence-electron chi connectivity index (χ0n) is 14.1. The van der Waals surface area contributed by atoms with Gasteiger partial charge in [-0.15, -0.1) is 0 Å². The van der Waals surface area contributed by atoms with Crippen LogP contribution in [0.2, 0.25) is 0 Å². The van der Waals surface area contributed by atoms with Crippen LogP contribution in [0.1, 0.15) is 18.9 Å². The molecule has 5 heteroatoms. The quantitative estimate of drug-likeness (QED) is 0.574. The Balaban J connectivity index is 1.72. The van der Waals surface area contributed by atoms with Crippen LogP contribution in [0.15, 0.2) is 61.2 Å². The maximum Gasteiger partial charge on any atom is 0.138 e. The normalized spacial score (nSPS) is 11.1. The first-order valence-electron chi connectivity index (χ1n) is 8.50. The Hall–Kier alpha value is -3.08. The second-order valence-corrected chi connectivity index (χ2v) is 6.01. The molecule has 0 aliphatic heterocycles. The van der Waals surface area contributed by atoms with Gasteiger partial charge in [-0.05, 0) is 36.8 Å². The summed E-state index contributed by atoms with van der Waals surface area (Å²) < 4.78 is 7.96. The Morgan fingerprint density at radius 1 is 1.16 bits per heavy atom. The number of benzene rings is 2. The minimum Gasteiger partial charge on any atom is -0.493 e. The SMILES string of the molecule is CCCOc1ccc(-c2nc3ccccc3[nH]2)cc1Cn1ccnc1. The maximum absolute atomic E-state index is 5.92. The van der Waals surface area contributed by atoms with Crippen LogP contribution in [0.3, 0.4) is 0 Å². The molecule has 4 aromatic rings. The molecule has 5 nitrogen and oxygen atoms in total. The number of nitrogens with one attached hydrogen (secondary N) is 1. The summed E-state index contributed by atoms with van der Waals surface area (Å²) >= 11 is 0. The molecule has 2 aromatic heterocycles. The van der Waals surface area contributed by atoms with E-state index in [1.807, 2.05) is 47.4 Å². The molecule has 0 aliphatic carbocycles. The fourth-order valence-electron chi connectivity index (χ4n) is 2.87. The summed E-state index contributed by atoms with van der Waals surface area (Å²) in [5.74, 6) is 1.78. The molecule has 0 aliphatic rings. The third-order valence-electron chi connectivity index (χ3n) is 4.10. The molecule has 0 unspecified atom stereocenters. The number of hydrogen-bond acceptors (Lipinski definition) is 3. The van der Waals surface area contributed by atoms with Gasteiger partial charge in [0, 0.05) is 23.5 Å². The number of imidazole rings is 2. The fraction of sp³-hybridized carbons (Fsp3) is 0.200. The molecule has 0 bridgehead atoms. The van der Waals surface area contributed by atoms with E-state index in [2.05, 4.69) is 29.0 Å². The molecule has 25 heavy (non-hydrogen) atoms. The van der Waals surface area contributed by atoms with Crippen molar-refractivity contribution in [2.45, 2.75) is 19.9 Å². The van der Waals surface area contributed by atoms with Crippen molar-refractivity contribution in [3.05, 3.63) is 66.7 Å². The lowest BCUT2D eigenvalue weighted by Crippen LogP contribution is -2.03.